The minimum absolute atomic E-state index is 0.0608. The Morgan fingerprint density at radius 2 is 1.86 bits per heavy atom. The second-order valence-corrected chi connectivity index (χ2v) is 11.3. The summed E-state index contributed by atoms with van der Waals surface area (Å²) in [6.07, 6.45) is -3.12. The highest BCUT2D eigenvalue weighted by molar-refractivity contribution is 7.51. The average molecular weight is 544 g/mol. The van der Waals surface area contributed by atoms with Gasteiger partial charge in [-0.3, -0.25) is 9.13 Å². The Balaban J connectivity index is 1.30. The standard InChI is InChI=1S/C24H23ClN5O6P/c25-24-28-21(27-14-6-5-13-9-12-3-1-2-4-15(12)16(13)10-14)18-22(29-24)30(11-26-18)23-20(32)19(31)17(36-23)7-8-37(33,34)35/h1-6,10-11,17,19-20,23,31-32H,7-9H2,(H,27,28,29)(H2,33,34,35)/t17-,19?,20+,23-/m1/s1. The smallest absolute Gasteiger partial charge is 0.325 e. The Bertz CT molecular complexity index is 1560. The lowest BCUT2D eigenvalue weighted by Crippen LogP contribution is -2.31. The van der Waals surface area contributed by atoms with Crippen LogP contribution in [0.4, 0.5) is 11.5 Å². The lowest BCUT2D eigenvalue weighted by molar-refractivity contribution is -0.0355. The third kappa shape index (κ3) is 4.53. The van der Waals surface area contributed by atoms with Crippen LogP contribution in [0.15, 0.2) is 48.8 Å². The molecule has 5 N–H and O–H groups in total. The maximum atomic E-state index is 11.3. The van der Waals surface area contributed by atoms with E-state index in [1.54, 1.807) is 0 Å². The number of benzene rings is 2. The molecule has 0 bridgehead atoms. The van der Waals surface area contributed by atoms with Gasteiger partial charge < -0.3 is 30.1 Å². The first-order valence-electron chi connectivity index (χ1n) is 11.6. The van der Waals surface area contributed by atoms with E-state index in [0.717, 1.165) is 17.7 Å². The summed E-state index contributed by atoms with van der Waals surface area (Å²) in [4.78, 5) is 31.3. The van der Waals surface area contributed by atoms with Gasteiger partial charge >= 0.3 is 7.60 Å². The highest BCUT2D eigenvalue weighted by atomic mass is 35.5. The predicted octanol–water partition coefficient (Wildman–Crippen LogP) is 2.98. The molecule has 192 valence electrons. The van der Waals surface area contributed by atoms with E-state index in [2.05, 4.69) is 38.5 Å². The van der Waals surface area contributed by atoms with Crippen LogP contribution in [0.5, 0.6) is 0 Å². The molecule has 0 amide bonds. The van der Waals surface area contributed by atoms with Crippen molar-refractivity contribution < 1.29 is 29.3 Å². The number of aliphatic hydroxyl groups excluding tert-OH is 2. The Kier molecular flexibility index (Phi) is 6.04. The molecule has 1 fully saturated rings. The second-order valence-electron chi connectivity index (χ2n) is 9.22. The molecule has 3 heterocycles. The molecule has 4 aromatic rings. The number of imidazole rings is 1. The number of fused-ring (bicyclic) bond motifs is 4. The predicted molar refractivity (Wildman–Crippen MR) is 136 cm³/mol. The molecule has 37 heavy (non-hydrogen) atoms. The summed E-state index contributed by atoms with van der Waals surface area (Å²) < 4.78 is 18.5. The number of aromatic nitrogens is 4. The van der Waals surface area contributed by atoms with Crippen molar-refractivity contribution in [3.63, 3.8) is 0 Å². The highest BCUT2D eigenvalue weighted by Gasteiger charge is 2.44. The largest absolute Gasteiger partial charge is 0.388 e. The second kappa shape index (κ2) is 9.14. The van der Waals surface area contributed by atoms with Gasteiger partial charge in [-0.25, -0.2) is 4.98 Å². The van der Waals surface area contributed by atoms with E-state index >= 15 is 0 Å². The zero-order valence-corrected chi connectivity index (χ0v) is 20.9. The summed E-state index contributed by atoms with van der Waals surface area (Å²) in [5.41, 5.74) is 6.26. The van der Waals surface area contributed by atoms with Gasteiger partial charge in [-0.2, -0.15) is 9.97 Å². The zero-order chi connectivity index (χ0) is 25.9. The number of hydrogen-bond donors (Lipinski definition) is 5. The van der Waals surface area contributed by atoms with E-state index in [0.29, 0.717) is 11.3 Å². The molecule has 0 saturated carbocycles. The van der Waals surface area contributed by atoms with Crippen LogP contribution in [-0.4, -0.2) is 64.0 Å². The quantitative estimate of drug-likeness (QED) is 0.159. The summed E-state index contributed by atoms with van der Waals surface area (Å²) in [7, 11) is -4.29. The average Bonchev–Trinajstić information content (AvgIpc) is 3.51. The number of aliphatic hydroxyl groups is 2. The van der Waals surface area contributed by atoms with Gasteiger partial charge in [-0.1, -0.05) is 30.3 Å². The molecular formula is C24H23ClN5O6P. The number of halogens is 1. The van der Waals surface area contributed by atoms with Crippen LogP contribution >= 0.6 is 19.2 Å². The van der Waals surface area contributed by atoms with Crippen molar-refractivity contribution in [2.45, 2.75) is 37.4 Å². The lowest BCUT2D eigenvalue weighted by atomic mass is 10.1. The van der Waals surface area contributed by atoms with Crippen LogP contribution in [-0.2, 0) is 15.7 Å². The van der Waals surface area contributed by atoms with Crippen molar-refractivity contribution in [3.8, 4) is 11.1 Å². The van der Waals surface area contributed by atoms with Gasteiger partial charge in [0.15, 0.2) is 23.2 Å². The first-order valence-corrected chi connectivity index (χ1v) is 13.8. The molecule has 1 unspecified atom stereocenters. The van der Waals surface area contributed by atoms with Crippen molar-refractivity contribution in [1.82, 2.24) is 19.5 Å². The van der Waals surface area contributed by atoms with Crippen LogP contribution in [0.1, 0.15) is 23.8 Å². The maximum absolute atomic E-state index is 11.3. The zero-order valence-electron chi connectivity index (χ0n) is 19.3. The Morgan fingerprint density at radius 3 is 2.68 bits per heavy atom. The Morgan fingerprint density at radius 1 is 1.08 bits per heavy atom. The lowest BCUT2D eigenvalue weighted by Gasteiger charge is -2.17. The number of rotatable bonds is 6. The van der Waals surface area contributed by atoms with E-state index in [9.17, 15) is 14.8 Å². The highest BCUT2D eigenvalue weighted by Crippen LogP contribution is 2.41. The molecule has 1 aliphatic carbocycles. The summed E-state index contributed by atoms with van der Waals surface area (Å²) in [6, 6.07) is 14.3. The van der Waals surface area contributed by atoms with E-state index in [-0.39, 0.29) is 17.4 Å². The van der Waals surface area contributed by atoms with E-state index in [1.165, 1.54) is 27.6 Å². The fourth-order valence-corrected chi connectivity index (χ4v) is 5.75. The molecule has 0 spiro atoms. The number of hydrogen-bond acceptors (Lipinski definition) is 8. The van der Waals surface area contributed by atoms with Gasteiger partial charge in [0.05, 0.1) is 18.6 Å². The number of nitrogens with zero attached hydrogens (tertiary/aromatic N) is 4. The summed E-state index contributed by atoms with van der Waals surface area (Å²) in [5.74, 6) is 0.353. The molecule has 6 rings (SSSR count). The maximum Gasteiger partial charge on any atom is 0.325 e. The number of ether oxygens (including phenoxy) is 1. The van der Waals surface area contributed by atoms with Gasteiger partial charge in [-0.15, -0.1) is 0 Å². The minimum Gasteiger partial charge on any atom is -0.388 e. The van der Waals surface area contributed by atoms with Crippen LogP contribution in [0.25, 0.3) is 22.3 Å². The van der Waals surface area contributed by atoms with Crippen molar-refractivity contribution in [2.24, 2.45) is 0 Å². The van der Waals surface area contributed by atoms with Gasteiger partial charge in [0.2, 0.25) is 5.28 Å². The van der Waals surface area contributed by atoms with Gasteiger partial charge in [0.1, 0.15) is 12.2 Å². The molecule has 13 heteroatoms. The minimum atomic E-state index is -4.29. The molecule has 4 atom stereocenters. The number of anilines is 2. The number of nitrogens with one attached hydrogen (secondary N) is 1. The normalized spacial score (nSPS) is 22.8. The van der Waals surface area contributed by atoms with Gasteiger partial charge in [0.25, 0.3) is 0 Å². The molecule has 2 aliphatic rings. The van der Waals surface area contributed by atoms with Crippen LogP contribution < -0.4 is 5.32 Å². The summed E-state index contributed by atoms with van der Waals surface area (Å²) in [5, 5.41) is 24.2. The topological polar surface area (TPSA) is 163 Å². The summed E-state index contributed by atoms with van der Waals surface area (Å²) >= 11 is 6.24. The molecule has 11 nitrogen and oxygen atoms in total. The third-order valence-corrected chi connectivity index (χ3v) is 7.78. The molecular weight excluding hydrogens is 521 g/mol. The van der Waals surface area contributed by atoms with E-state index in [4.69, 9.17) is 26.1 Å². The molecule has 1 saturated heterocycles. The molecule has 2 aromatic heterocycles. The summed E-state index contributed by atoms with van der Waals surface area (Å²) in [6.45, 7) is 0. The first kappa shape index (κ1) is 24.4. The molecule has 2 aromatic carbocycles. The fourth-order valence-electron chi connectivity index (χ4n) is 4.99. The van der Waals surface area contributed by atoms with Crippen molar-refractivity contribution in [2.75, 3.05) is 11.5 Å². The van der Waals surface area contributed by atoms with Gasteiger partial charge in [0, 0.05) is 5.69 Å². The van der Waals surface area contributed by atoms with Gasteiger partial charge in [-0.05, 0) is 58.8 Å². The monoisotopic (exact) mass is 543 g/mol. The van der Waals surface area contributed by atoms with E-state index in [1.807, 2.05) is 24.3 Å². The SMILES string of the molecule is O=P(O)(O)CC[C@H]1O[C@@H](n2cnc3c(Nc4ccc5c(c4)-c4ccccc4C5)nc(Cl)nc32)[C@@H](O)C1O. The van der Waals surface area contributed by atoms with E-state index < -0.39 is 38.3 Å². The van der Waals surface area contributed by atoms with Crippen LogP contribution in [0.2, 0.25) is 5.28 Å². The van der Waals surface area contributed by atoms with Crippen LogP contribution in [0, 0.1) is 0 Å². The van der Waals surface area contributed by atoms with Crippen LogP contribution in [0.3, 0.4) is 0 Å². The Hall–Kier alpha value is -2.89. The molecule has 0 radical (unpaired) electrons. The Labute approximate surface area is 215 Å². The third-order valence-electron chi connectivity index (χ3n) is 6.77. The van der Waals surface area contributed by atoms with Crippen molar-refractivity contribution in [3.05, 3.63) is 65.2 Å². The van der Waals surface area contributed by atoms with Crippen molar-refractivity contribution >= 4 is 41.9 Å². The van der Waals surface area contributed by atoms with Crippen molar-refractivity contribution in [1.29, 1.82) is 0 Å². The fraction of sp³-hybridized carbons (Fsp3) is 0.292. The first-order chi connectivity index (χ1) is 17.7. The molecule has 1 aliphatic heterocycles.